The average Bonchev–Trinajstić information content (AvgIpc) is 3.26. The second-order valence-electron chi connectivity index (χ2n) is 7.98. The zero-order valence-electron chi connectivity index (χ0n) is 19.0. The van der Waals surface area contributed by atoms with E-state index in [-0.39, 0.29) is 30.5 Å². The lowest BCUT2D eigenvalue weighted by molar-refractivity contribution is 0.0773. The van der Waals surface area contributed by atoms with Crippen LogP contribution in [0.3, 0.4) is 0 Å². The fourth-order valence-electron chi connectivity index (χ4n) is 4.12. The van der Waals surface area contributed by atoms with Crippen molar-refractivity contribution in [3.63, 3.8) is 0 Å². The molecule has 0 saturated heterocycles. The first-order chi connectivity index (χ1) is 16.1. The normalized spacial score (nSPS) is 14.7. The summed E-state index contributed by atoms with van der Waals surface area (Å²) in [6.45, 7) is 5.30. The first-order valence-electron chi connectivity index (χ1n) is 11.4. The molecule has 2 amide bonds. The van der Waals surface area contributed by atoms with E-state index in [2.05, 4.69) is 20.6 Å². The van der Waals surface area contributed by atoms with Gasteiger partial charge >= 0.3 is 0 Å². The third kappa shape index (κ3) is 4.96. The van der Waals surface area contributed by atoms with E-state index >= 15 is 0 Å². The van der Waals surface area contributed by atoms with E-state index < -0.39 is 0 Å². The van der Waals surface area contributed by atoms with E-state index in [9.17, 15) is 9.59 Å². The SMILES string of the molecule is CCC(NC(=O)c1cc(C(=O)N[C@H](CC)c2ncccn2)c2n1CCOC2)c1ccccc1. The van der Waals surface area contributed by atoms with Gasteiger partial charge < -0.3 is 19.9 Å². The van der Waals surface area contributed by atoms with Crippen molar-refractivity contribution >= 4 is 11.8 Å². The molecule has 1 aromatic carbocycles. The summed E-state index contributed by atoms with van der Waals surface area (Å²) >= 11 is 0. The summed E-state index contributed by atoms with van der Waals surface area (Å²) in [6, 6.07) is 12.9. The molecule has 1 unspecified atom stereocenters. The van der Waals surface area contributed by atoms with Gasteiger partial charge in [-0.1, -0.05) is 44.2 Å². The fourth-order valence-corrected chi connectivity index (χ4v) is 4.12. The highest BCUT2D eigenvalue weighted by Gasteiger charge is 2.28. The Kier molecular flexibility index (Phi) is 7.14. The van der Waals surface area contributed by atoms with Crippen molar-refractivity contribution in [2.24, 2.45) is 0 Å². The van der Waals surface area contributed by atoms with Crippen LogP contribution in [0, 0.1) is 0 Å². The topological polar surface area (TPSA) is 98.1 Å². The van der Waals surface area contributed by atoms with Crippen molar-refractivity contribution < 1.29 is 14.3 Å². The van der Waals surface area contributed by atoms with Crippen LogP contribution in [0.15, 0.2) is 54.9 Å². The summed E-state index contributed by atoms with van der Waals surface area (Å²) < 4.78 is 7.50. The van der Waals surface area contributed by atoms with Crippen LogP contribution < -0.4 is 10.6 Å². The van der Waals surface area contributed by atoms with Gasteiger partial charge in [-0.25, -0.2) is 9.97 Å². The maximum Gasteiger partial charge on any atom is 0.268 e. The highest BCUT2D eigenvalue weighted by Crippen LogP contribution is 2.24. The molecule has 2 N–H and O–H groups in total. The number of nitrogens with zero attached hydrogens (tertiary/aromatic N) is 3. The largest absolute Gasteiger partial charge is 0.373 e. The average molecular weight is 448 g/mol. The van der Waals surface area contributed by atoms with Crippen molar-refractivity contribution in [1.29, 1.82) is 0 Å². The molecule has 4 rings (SSSR count). The van der Waals surface area contributed by atoms with Gasteiger partial charge in [0, 0.05) is 18.9 Å². The maximum absolute atomic E-state index is 13.3. The maximum atomic E-state index is 13.3. The molecular weight excluding hydrogens is 418 g/mol. The molecule has 0 fully saturated rings. The van der Waals surface area contributed by atoms with E-state index in [1.807, 2.05) is 48.7 Å². The molecule has 8 nitrogen and oxygen atoms in total. The highest BCUT2D eigenvalue weighted by atomic mass is 16.5. The predicted octanol–water partition coefficient (Wildman–Crippen LogP) is 3.57. The van der Waals surface area contributed by atoms with Crippen molar-refractivity contribution in [2.45, 2.75) is 51.9 Å². The molecule has 8 heteroatoms. The molecule has 2 atom stereocenters. The minimum absolute atomic E-state index is 0.110. The van der Waals surface area contributed by atoms with Gasteiger partial charge in [0.1, 0.15) is 11.5 Å². The quantitative estimate of drug-likeness (QED) is 0.550. The monoisotopic (exact) mass is 447 g/mol. The van der Waals surface area contributed by atoms with Gasteiger partial charge in [-0.2, -0.15) is 0 Å². The number of amides is 2. The third-order valence-electron chi connectivity index (χ3n) is 5.91. The van der Waals surface area contributed by atoms with Gasteiger partial charge in [-0.15, -0.1) is 0 Å². The number of hydrogen-bond acceptors (Lipinski definition) is 5. The van der Waals surface area contributed by atoms with Crippen LogP contribution in [0.25, 0.3) is 0 Å². The van der Waals surface area contributed by atoms with Crippen molar-refractivity contribution in [3.8, 4) is 0 Å². The van der Waals surface area contributed by atoms with Gasteiger partial charge in [0.05, 0.1) is 36.6 Å². The first-order valence-corrected chi connectivity index (χ1v) is 11.4. The second-order valence-corrected chi connectivity index (χ2v) is 7.98. The van der Waals surface area contributed by atoms with Crippen LogP contribution in [0.2, 0.25) is 0 Å². The van der Waals surface area contributed by atoms with Crippen LogP contribution >= 0.6 is 0 Å². The Morgan fingerprint density at radius 1 is 1.00 bits per heavy atom. The molecule has 0 saturated carbocycles. The standard InChI is InChI=1S/C25H29N5O3/c1-3-19(17-9-6-5-7-10-17)28-25(32)21-15-18(22-16-33-14-13-30(21)22)24(31)29-20(4-2)23-26-11-8-12-27-23/h5-12,15,19-20H,3-4,13-14,16H2,1-2H3,(H,28,32)(H,29,31)/t19?,20-/m1/s1. The molecule has 3 heterocycles. The lowest BCUT2D eigenvalue weighted by Crippen LogP contribution is -2.31. The van der Waals surface area contributed by atoms with E-state index in [1.54, 1.807) is 24.5 Å². The molecule has 3 aromatic rings. The van der Waals surface area contributed by atoms with E-state index in [0.717, 1.165) is 12.0 Å². The van der Waals surface area contributed by atoms with Gasteiger partial charge in [0.25, 0.3) is 11.8 Å². The highest BCUT2D eigenvalue weighted by molar-refractivity contribution is 6.01. The smallest absolute Gasteiger partial charge is 0.268 e. The number of rotatable bonds is 8. The van der Waals surface area contributed by atoms with Crippen LogP contribution in [0.4, 0.5) is 0 Å². The Morgan fingerprint density at radius 2 is 1.70 bits per heavy atom. The zero-order chi connectivity index (χ0) is 23.2. The molecule has 0 bridgehead atoms. The number of carbonyl (C=O) groups is 2. The zero-order valence-corrected chi connectivity index (χ0v) is 19.0. The van der Waals surface area contributed by atoms with Gasteiger partial charge in [0.2, 0.25) is 0 Å². The molecule has 172 valence electrons. The van der Waals surface area contributed by atoms with Gasteiger partial charge in [0.15, 0.2) is 0 Å². The number of ether oxygens (including phenoxy) is 1. The number of hydrogen-bond donors (Lipinski definition) is 2. The summed E-state index contributed by atoms with van der Waals surface area (Å²) in [6.07, 6.45) is 4.72. The van der Waals surface area contributed by atoms with E-state index in [1.165, 1.54) is 0 Å². The lowest BCUT2D eigenvalue weighted by Gasteiger charge is -2.21. The van der Waals surface area contributed by atoms with Crippen LogP contribution in [0.5, 0.6) is 0 Å². The van der Waals surface area contributed by atoms with Gasteiger partial charge in [-0.3, -0.25) is 9.59 Å². The third-order valence-corrected chi connectivity index (χ3v) is 5.91. The summed E-state index contributed by atoms with van der Waals surface area (Å²) in [5.74, 6) is 0.0910. The molecule has 0 aliphatic carbocycles. The fraction of sp³-hybridized carbons (Fsp3) is 0.360. The van der Waals surface area contributed by atoms with E-state index in [4.69, 9.17) is 4.74 Å². The minimum Gasteiger partial charge on any atom is -0.373 e. The Hall–Kier alpha value is -3.52. The Balaban J connectivity index is 1.58. The number of carbonyl (C=O) groups excluding carboxylic acids is 2. The minimum atomic E-state index is -0.321. The first kappa shape index (κ1) is 22.7. The molecule has 0 radical (unpaired) electrons. The Morgan fingerprint density at radius 3 is 2.39 bits per heavy atom. The van der Waals surface area contributed by atoms with Crippen LogP contribution in [-0.4, -0.2) is 33.0 Å². The predicted molar refractivity (Wildman–Crippen MR) is 124 cm³/mol. The number of benzene rings is 1. The Bertz CT molecular complexity index is 1010. The van der Waals surface area contributed by atoms with Crippen molar-refractivity contribution in [1.82, 2.24) is 25.2 Å². The lowest BCUT2D eigenvalue weighted by atomic mass is 10.0. The second kappa shape index (κ2) is 10.4. The van der Waals surface area contributed by atoms with Crippen molar-refractivity contribution in [3.05, 3.63) is 83.2 Å². The Labute approximate surface area is 193 Å². The van der Waals surface area contributed by atoms with Crippen molar-refractivity contribution in [2.75, 3.05) is 6.61 Å². The van der Waals surface area contributed by atoms with E-state index in [0.29, 0.717) is 42.3 Å². The molecular formula is C25H29N5O3. The molecule has 1 aliphatic heterocycles. The van der Waals surface area contributed by atoms with Crippen LogP contribution in [-0.2, 0) is 17.9 Å². The number of nitrogens with one attached hydrogen (secondary N) is 2. The number of aromatic nitrogens is 3. The molecule has 0 spiro atoms. The summed E-state index contributed by atoms with van der Waals surface area (Å²) in [5.41, 5.74) is 2.67. The molecule has 1 aliphatic rings. The summed E-state index contributed by atoms with van der Waals surface area (Å²) in [4.78, 5) is 35.0. The number of fused-ring (bicyclic) bond motifs is 1. The summed E-state index contributed by atoms with van der Waals surface area (Å²) in [5, 5.41) is 6.14. The molecule has 2 aromatic heterocycles. The summed E-state index contributed by atoms with van der Waals surface area (Å²) in [7, 11) is 0. The molecule has 33 heavy (non-hydrogen) atoms. The van der Waals surface area contributed by atoms with Crippen LogP contribution in [0.1, 0.15) is 76.7 Å². The van der Waals surface area contributed by atoms with Gasteiger partial charge in [-0.05, 0) is 30.5 Å².